The lowest BCUT2D eigenvalue weighted by Gasteiger charge is -2.40. The van der Waals surface area contributed by atoms with Gasteiger partial charge in [-0.25, -0.2) is 4.68 Å². The van der Waals surface area contributed by atoms with Crippen LogP contribution < -0.4 is 9.64 Å². The van der Waals surface area contributed by atoms with E-state index in [0.29, 0.717) is 12.1 Å². The van der Waals surface area contributed by atoms with Gasteiger partial charge in [0.1, 0.15) is 5.75 Å². The number of aromatic nitrogens is 4. The summed E-state index contributed by atoms with van der Waals surface area (Å²) in [5.41, 5.74) is 1.24. The maximum absolute atomic E-state index is 5.39. The predicted molar refractivity (Wildman–Crippen MR) is 114 cm³/mol. The number of tetrazole rings is 1. The summed E-state index contributed by atoms with van der Waals surface area (Å²) in [6.45, 7) is 6.34. The molecule has 1 aliphatic heterocycles. The molecule has 1 saturated carbocycles. The Balaban J connectivity index is 1.46. The first-order valence-corrected chi connectivity index (χ1v) is 11.2. The van der Waals surface area contributed by atoms with Crippen molar-refractivity contribution in [3.05, 3.63) is 30.1 Å². The molecule has 29 heavy (non-hydrogen) atoms. The number of nitrogens with zero attached hydrogens (tertiary/aromatic N) is 6. The van der Waals surface area contributed by atoms with Crippen molar-refractivity contribution in [1.29, 1.82) is 0 Å². The van der Waals surface area contributed by atoms with Crippen molar-refractivity contribution in [3.8, 4) is 5.75 Å². The fourth-order valence-electron chi connectivity index (χ4n) is 4.85. The Morgan fingerprint density at radius 1 is 1.10 bits per heavy atom. The van der Waals surface area contributed by atoms with Crippen LogP contribution in [0.25, 0.3) is 0 Å². The maximum atomic E-state index is 5.39. The normalized spacial score (nSPS) is 20.0. The van der Waals surface area contributed by atoms with Gasteiger partial charge >= 0.3 is 0 Å². The predicted octanol–water partition coefficient (Wildman–Crippen LogP) is 3.85. The van der Waals surface area contributed by atoms with Gasteiger partial charge in [0.2, 0.25) is 0 Å². The van der Waals surface area contributed by atoms with E-state index in [1.54, 1.807) is 7.11 Å². The number of hydrogen-bond acceptors (Lipinski definition) is 6. The van der Waals surface area contributed by atoms with Crippen LogP contribution in [0.3, 0.4) is 0 Å². The van der Waals surface area contributed by atoms with Crippen molar-refractivity contribution in [2.75, 3.05) is 38.2 Å². The molecular weight excluding hydrogens is 364 g/mol. The Kier molecular flexibility index (Phi) is 6.64. The van der Waals surface area contributed by atoms with Crippen molar-refractivity contribution in [1.82, 2.24) is 25.1 Å². The molecule has 1 aromatic heterocycles. The molecule has 158 valence electrons. The molecule has 1 saturated heterocycles. The molecule has 0 spiro atoms. The molecule has 2 fully saturated rings. The Labute approximate surface area is 174 Å². The van der Waals surface area contributed by atoms with Gasteiger partial charge in [0.05, 0.1) is 19.2 Å². The Morgan fingerprint density at radius 3 is 2.62 bits per heavy atom. The summed E-state index contributed by atoms with van der Waals surface area (Å²) in [4.78, 5) is 5.04. The summed E-state index contributed by atoms with van der Waals surface area (Å²) in [5.74, 6) is 1.99. The number of hydrogen-bond donors (Lipinski definition) is 0. The highest BCUT2D eigenvalue weighted by Gasteiger charge is 2.31. The van der Waals surface area contributed by atoms with Gasteiger partial charge in [0.15, 0.2) is 5.82 Å². The van der Waals surface area contributed by atoms with E-state index in [2.05, 4.69) is 55.1 Å². The quantitative estimate of drug-likeness (QED) is 0.706. The summed E-state index contributed by atoms with van der Waals surface area (Å²) in [7, 11) is 1.73. The van der Waals surface area contributed by atoms with Crippen LogP contribution in [0.2, 0.25) is 0 Å². The molecule has 0 amide bonds. The summed E-state index contributed by atoms with van der Waals surface area (Å²) in [5, 5.41) is 13.0. The van der Waals surface area contributed by atoms with E-state index in [-0.39, 0.29) is 0 Å². The van der Waals surface area contributed by atoms with Gasteiger partial charge in [0, 0.05) is 37.9 Å². The zero-order valence-electron chi connectivity index (χ0n) is 17.8. The summed E-state index contributed by atoms with van der Waals surface area (Å²) < 4.78 is 7.56. The fourth-order valence-corrected chi connectivity index (χ4v) is 4.85. The highest BCUT2D eigenvalue weighted by Crippen LogP contribution is 2.33. The van der Waals surface area contributed by atoms with Crippen LogP contribution in [0.4, 0.5) is 5.69 Å². The van der Waals surface area contributed by atoms with E-state index in [0.717, 1.165) is 50.6 Å². The standard InChI is InChI=1S/C22H34N6O/c1-3-8-21(22-23-24-25-28(22)18-9-5-4-6-10-18)27-15-13-26(14-16-27)19-11-7-12-20(17-19)29-2/h7,11-12,17-18,21H,3-6,8-10,13-16H2,1-2H3. The van der Waals surface area contributed by atoms with E-state index in [4.69, 9.17) is 4.74 Å². The van der Waals surface area contributed by atoms with Crippen molar-refractivity contribution in [2.24, 2.45) is 0 Å². The van der Waals surface area contributed by atoms with E-state index in [1.165, 1.54) is 37.8 Å². The third-order valence-corrected chi connectivity index (χ3v) is 6.47. The number of piperazine rings is 1. The van der Waals surface area contributed by atoms with E-state index in [1.807, 2.05) is 6.07 Å². The molecule has 2 heterocycles. The molecule has 7 heteroatoms. The first-order chi connectivity index (χ1) is 14.3. The third-order valence-electron chi connectivity index (χ3n) is 6.47. The van der Waals surface area contributed by atoms with E-state index >= 15 is 0 Å². The van der Waals surface area contributed by atoms with Crippen LogP contribution in [0.1, 0.15) is 69.8 Å². The van der Waals surface area contributed by atoms with Crippen molar-refractivity contribution < 1.29 is 4.74 Å². The molecular formula is C22H34N6O. The molecule has 2 aromatic rings. The Hall–Kier alpha value is -2.15. The molecule has 7 nitrogen and oxygen atoms in total. The number of methoxy groups -OCH3 is 1. The van der Waals surface area contributed by atoms with Gasteiger partial charge < -0.3 is 9.64 Å². The van der Waals surface area contributed by atoms with Gasteiger partial charge in [-0.1, -0.05) is 38.7 Å². The average Bonchev–Trinajstić information content (AvgIpc) is 3.28. The van der Waals surface area contributed by atoms with Crippen molar-refractivity contribution >= 4 is 5.69 Å². The molecule has 4 rings (SSSR count). The lowest BCUT2D eigenvalue weighted by Crippen LogP contribution is -2.48. The number of ether oxygens (including phenoxy) is 1. The van der Waals surface area contributed by atoms with Gasteiger partial charge in [-0.05, 0) is 41.8 Å². The van der Waals surface area contributed by atoms with E-state index < -0.39 is 0 Å². The van der Waals surface area contributed by atoms with Crippen LogP contribution in [-0.2, 0) is 0 Å². The second-order valence-electron chi connectivity index (χ2n) is 8.30. The molecule has 2 aliphatic rings. The molecule has 1 aromatic carbocycles. The fraction of sp³-hybridized carbons (Fsp3) is 0.682. The minimum atomic E-state index is 0.310. The minimum Gasteiger partial charge on any atom is -0.497 e. The second-order valence-corrected chi connectivity index (χ2v) is 8.30. The average molecular weight is 399 g/mol. The number of rotatable bonds is 7. The van der Waals surface area contributed by atoms with E-state index in [9.17, 15) is 0 Å². The first kappa shape index (κ1) is 20.1. The number of anilines is 1. The SMILES string of the molecule is CCCC(c1nnnn1C1CCCCC1)N1CCN(c2cccc(OC)c2)CC1. The van der Waals surface area contributed by atoms with Gasteiger partial charge in [-0.2, -0.15) is 0 Å². The zero-order valence-corrected chi connectivity index (χ0v) is 17.8. The van der Waals surface area contributed by atoms with Crippen LogP contribution >= 0.6 is 0 Å². The van der Waals surface area contributed by atoms with Gasteiger partial charge in [-0.15, -0.1) is 5.10 Å². The van der Waals surface area contributed by atoms with Gasteiger partial charge in [0.25, 0.3) is 0 Å². The summed E-state index contributed by atoms with van der Waals surface area (Å²) >= 11 is 0. The molecule has 1 unspecified atom stereocenters. The molecule has 0 radical (unpaired) electrons. The Morgan fingerprint density at radius 2 is 1.90 bits per heavy atom. The third kappa shape index (κ3) is 4.55. The largest absolute Gasteiger partial charge is 0.497 e. The van der Waals surface area contributed by atoms with Crippen LogP contribution in [0.5, 0.6) is 5.75 Å². The summed E-state index contributed by atoms with van der Waals surface area (Å²) in [6, 6.07) is 9.16. The van der Waals surface area contributed by atoms with Gasteiger partial charge in [-0.3, -0.25) is 4.90 Å². The van der Waals surface area contributed by atoms with Crippen molar-refractivity contribution in [3.63, 3.8) is 0 Å². The Bertz CT molecular complexity index is 764. The second kappa shape index (κ2) is 9.57. The zero-order chi connectivity index (χ0) is 20.1. The molecule has 1 atom stereocenters. The molecule has 1 aliphatic carbocycles. The highest BCUT2D eigenvalue weighted by molar-refractivity contribution is 5.51. The summed E-state index contributed by atoms with van der Waals surface area (Å²) in [6.07, 6.45) is 8.59. The molecule has 0 N–H and O–H groups in total. The topological polar surface area (TPSA) is 59.3 Å². The first-order valence-electron chi connectivity index (χ1n) is 11.2. The van der Waals surface area contributed by atoms with Crippen LogP contribution in [-0.4, -0.2) is 58.4 Å². The van der Waals surface area contributed by atoms with Crippen LogP contribution in [0, 0.1) is 0 Å². The van der Waals surface area contributed by atoms with Crippen LogP contribution in [0.15, 0.2) is 24.3 Å². The smallest absolute Gasteiger partial charge is 0.168 e. The monoisotopic (exact) mass is 398 g/mol. The molecule has 0 bridgehead atoms. The maximum Gasteiger partial charge on any atom is 0.168 e. The van der Waals surface area contributed by atoms with Crippen molar-refractivity contribution in [2.45, 2.75) is 64.0 Å². The lowest BCUT2D eigenvalue weighted by molar-refractivity contribution is 0.158. The lowest BCUT2D eigenvalue weighted by atomic mass is 9.95. The highest BCUT2D eigenvalue weighted by atomic mass is 16.5. The number of benzene rings is 1. The minimum absolute atomic E-state index is 0.310.